The van der Waals surface area contributed by atoms with Crippen molar-refractivity contribution in [3.05, 3.63) is 36.7 Å². The fourth-order valence-corrected chi connectivity index (χ4v) is 2.69. The average Bonchev–Trinajstić information content (AvgIpc) is 3.06. The molecule has 2 N–H and O–H groups in total. The first kappa shape index (κ1) is 16.3. The standard InChI is InChI=1S/C17H22N4O3/c1-2-24-16-6-4-3-5-15(16)20-17(22)19-13-11-18-21(12-13)14-7-9-23-10-8-14/h3-6,11-12,14H,2,7-10H2,1H3,(H2,19,20,22). The van der Waals surface area contributed by atoms with Gasteiger partial charge in [0.1, 0.15) is 5.75 Å². The number of para-hydroxylation sites is 2. The third kappa shape index (κ3) is 4.05. The Kier molecular flexibility index (Phi) is 5.32. The summed E-state index contributed by atoms with van der Waals surface area (Å²) in [5.74, 6) is 0.646. The number of nitrogens with one attached hydrogen (secondary N) is 2. The van der Waals surface area contributed by atoms with Crippen LogP contribution < -0.4 is 15.4 Å². The quantitative estimate of drug-likeness (QED) is 0.882. The first-order chi connectivity index (χ1) is 11.8. The number of ether oxygens (including phenoxy) is 2. The molecule has 0 saturated carbocycles. The minimum Gasteiger partial charge on any atom is -0.492 e. The van der Waals surface area contributed by atoms with Crippen LogP contribution >= 0.6 is 0 Å². The first-order valence-electron chi connectivity index (χ1n) is 8.18. The summed E-state index contributed by atoms with van der Waals surface area (Å²) in [6, 6.07) is 7.34. The third-order valence-corrected chi connectivity index (χ3v) is 3.86. The van der Waals surface area contributed by atoms with Gasteiger partial charge in [-0.2, -0.15) is 5.10 Å². The number of aromatic nitrogens is 2. The topological polar surface area (TPSA) is 77.4 Å². The van der Waals surface area contributed by atoms with Crippen LogP contribution in [-0.4, -0.2) is 35.6 Å². The lowest BCUT2D eigenvalue weighted by Crippen LogP contribution is -2.20. The van der Waals surface area contributed by atoms with Gasteiger partial charge in [-0.25, -0.2) is 4.79 Å². The number of hydrogen-bond donors (Lipinski definition) is 2. The van der Waals surface area contributed by atoms with Gasteiger partial charge in [-0.15, -0.1) is 0 Å². The summed E-state index contributed by atoms with van der Waals surface area (Å²) in [4.78, 5) is 12.2. The maximum atomic E-state index is 12.2. The van der Waals surface area contributed by atoms with Gasteiger partial charge in [0.25, 0.3) is 0 Å². The zero-order valence-electron chi connectivity index (χ0n) is 13.7. The van der Waals surface area contributed by atoms with Crippen LogP contribution in [0.1, 0.15) is 25.8 Å². The van der Waals surface area contributed by atoms with Crippen LogP contribution in [0.4, 0.5) is 16.2 Å². The van der Waals surface area contributed by atoms with Crippen LogP contribution in [0.25, 0.3) is 0 Å². The molecule has 24 heavy (non-hydrogen) atoms. The number of carbonyl (C=O) groups is 1. The number of anilines is 2. The van der Waals surface area contributed by atoms with Gasteiger partial charge in [0.15, 0.2) is 0 Å². The van der Waals surface area contributed by atoms with Crippen molar-refractivity contribution in [2.45, 2.75) is 25.8 Å². The largest absolute Gasteiger partial charge is 0.492 e. The maximum Gasteiger partial charge on any atom is 0.323 e. The minimum absolute atomic E-state index is 0.325. The van der Waals surface area contributed by atoms with E-state index in [1.54, 1.807) is 12.3 Å². The Bertz CT molecular complexity index is 680. The molecule has 2 amide bonds. The Morgan fingerprint density at radius 1 is 1.33 bits per heavy atom. The monoisotopic (exact) mass is 330 g/mol. The van der Waals surface area contributed by atoms with E-state index in [0.717, 1.165) is 26.1 Å². The third-order valence-electron chi connectivity index (χ3n) is 3.86. The highest BCUT2D eigenvalue weighted by Gasteiger charge is 2.17. The minimum atomic E-state index is -0.325. The Hall–Kier alpha value is -2.54. The van der Waals surface area contributed by atoms with E-state index >= 15 is 0 Å². The van der Waals surface area contributed by atoms with Gasteiger partial charge < -0.3 is 20.1 Å². The molecule has 7 heteroatoms. The highest BCUT2D eigenvalue weighted by atomic mass is 16.5. The second-order valence-electron chi connectivity index (χ2n) is 5.56. The summed E-state index contributed by atoms with van der Waals surface area (Å²) in [7, 11) is 0. The molecular formula is C17H22N4O3. The number of nitrogens with zero attached hydrogens (tertiary/aromatic N) is 2. The van der Waals surface area contributed by atoms with Crippen molar-refractivity contribution < 1.29 is 14.3 Å². The molecule has 128 valence electrons. The van der Waals surface area contributed by atoms with Gasteiger partial charge >= 0.3 is 6.03 Å². The lowest BCUT2D eigenvalue weighted by molar-refractivity contribution is 0.0662. The molecule has 1 fully saturated rings. The molecule has 0 radical (unpaired) electrons. The summed E-state index contributed by atoms with van der Waals surface area (Å²) < 4.78 is 12.8. The number of urea groups is 1. The fourth-order valence-electron chi connectivity index (χ4n) is 2.69. The molecule has 1 saturated heterocycles. The van der Waals surface area contributed by atoms with E-state index in [2.05, 4.69) is 15.7 Å². The summed E-state index contributed by atoms with van der Waals surface area (Å²) >= 11 is 0. The van der Waals surface area contributed by atoms with E-state index in [-0.39, 0.29) is 6.03 Å². The van der Waals surface area contributed by atoms with Crippen LogP contribution in [0.15, 0.2) is 36.7 Å². The molecule has 2 aromatic rings. The lowest BCUT2D eigenvalue weighted by Gasteiger charge is -2.22. The van der Waals surface area contributed by atoms with E-state index in [4.69, 9.17) is 9.47 Å². The molecule has 1 aromatic heterocycles. The van der Waals surface area contributed by atoms with Crippen molar-refractivity contribution in [1.29, 1.82) is 0 Å². The van der Waals surface area contributed by atoms with Crippen molar-refractivity contribution in [1.82, 2.24) is 9.78 Å². The van der Waals surface area contributed by atoms with E-state index in [0.29, 0.717) is 29.8 Å². The second-order valence-corrected chi connectivity index (χ2v) is 5.56. The summed E-state index contributed by atoms with van der Waals surface area (Å²) in [5.41, 5.74) is 1.29. The van der Waals surface area contributed by atoms with Crippen LogP contribution in [-0.2, 0) is 4.74 Å². The molecule has 0 bridgehead atoms. The van der Waals surface area contributed by atoms with Crippen LogP contribution in [0.2, 0.25) is 0 Å². The van der Waals surface area contributed by atoms with Crippen molar-refractivity contribution in [3.8, 4) is 5.75 Å². The van der Waals surface area contributed by atoms with Crippen LogP contribution in [0.3, 0.4) is 0 Å². The fraction of sp³-hybridized carbons (Fsp3) is 0.412. The Morgan fingerprint density at radius 2 is 2.12 bits per heavy atom. The predicted octanol–water partition coefficient (Wildman–Crippen LogP) is 3.28. The Balaban J connectivity index is 1.60. The smallest absolute Gasteiger partial charge is 0.323 e. The summed E-state index contributed by atoms with van der Waals surface area (Å²) in [5, 5.41) is 9.94. The van der Waals surface area contributed by atoms with Gasteiger partial charge in [0, 0.05) is 19.4 Å². The van der Waals surface area contributed by atoms with E-state index in [9.17, 15) is 4.79 Å². The van der Waals surface area contributed by atoms with Crippen molar-refractivity contribution >= 4 is 17.4 Å². The molecule has 1 aromatic carbocycles. The first-order valence-corrected chi connectivity index (χ1v) is 8.18. The normalized spacial score (nSPS) is 15.0. The maximum absolute atomic E-state index is 12.2. The van der Waals surface area contributed by atoms with Crippen molar-refractivity contribution in [3.63, 3.8) is 0 Å². The second kappa shape index (κ2) is 7.83. The molecule has 0 atom stereocenters. The molecule has 3 rings (SSSR count). The molecule has 2 heterocycles. The number of carbonyl (C=O) groups excluding carboxylic acids is 1. The average molecular weight is 330 g/mol. The number of hydrogen-bond acceptors (Lipinski definition) is 4. The van der Waals surface area contributed by atoms with E-state index in [1.165, 1.54) is 0 Å². The van der Waals surface area contributed by atoms with Crippen molar-refractivity contribution in [2.75, 3.05) is 30.5 Å². The summed E-state index contributed by atoms with van der Waals surface area (Å²) in [6.07, 6.45) is 5.39. The SMILES string of the molecule is CCOc1ccccc1NC(=O)Nc1cnn(C2CCOCC2)c1. The molecule has 7 nitrogen and oxygen atoms in total. The highest BCUT2D eigenvalue weighted by Crippen LogP contribution is 2.24. The van der Waals surface area contributed by atoms with Gasteiger partial charge in [-0.3, -0.25) is 4.68 Å². The molecule has 0 aliphatic carbocycles. The Labute approximate surface area is 140 Å². The van der Waals surface area contributed by atoms with Gasteiger partial charge in [-0.05, 0) is 31.9 Å². The zero-order valence-corrected chi connectivity index (χ0v) is 13.7. The van der Waals surface area contributed by atoms with Gasteiger partial charge in [0.05, 0.1) is 30.2 Å². The lowest BCUT2D eigenvalue weighted by atomic mass is 10.1. The van der Waals surface area contributed by atoms with Gasteiger partial charge in [0.2, 0.25) is 0 Å². The molecule has 0 spiro atoms. The predicted molar refractivity (Wildman–Crippen MR) is 91.6 cm³/mol. The zero-order chi connectivity index (χ0) is 16.8. The molecule has 1 aliphatic rings. The summed E-state index contributed by atoms with van der Waals surface area (Å²) in [6.45, 7) is 3.95. The molecular weight excluding hydrogens is 308 g/mol. The highest BCUT2D eigenvalue weighted by molar-refractivity contribution is 6.00. The van der Waals surface area contributed by atoms with Crippen LogP contribution in [0, 0.1) is 0 Å². The molecule has 1 aliphatic heterocycles. The van der Waals surface area contributed by atoms with Gasteiger partial charge in [-0.1, -0.05) is 12.1 Å². The Morgan fingerprint density at radius 3 is 2.92 bits per heavy atom. The van der Waals surface area contributed by atoms with Crippen molar-refractivity contribution in [2.24, 2.45) is 0 Å². The number of amides is 2. The van der Waals surface area contributed by atoms with E-state index in [1.807, 2.05) is 36.0 Å². The van der Waals surface area contributed by atoms with E-state index < -0.39 is 0 Å². The number of rotatable bonds is 5. The molecule has 0 unspecified atom stereocenters. The number of benzene rings is 1. The van der Waals surface area contributed by atoms with Crippen LogP contribution in [0.5, 0.6) is 5.75 Å².